The highest BCUT2D eigenvalue weighted by Gasteiger charge is 2.56. The molecule has 2 aromatic carbocycles. The van der Waals surface area contributed by atoms with Gasteiger partial charge in [-0.05, 0) is 49.9 Å². The summed E-state index contributed by atoms with van der Waals surface area (Å²) in [6.45, 7) is 3.86. The largest absolute Gasteiger partial charge is 0.495 e. The zero-order valence-electron chi connectivity index (χ0n) is 15.3. The highest BCUT2D eigenvalue weighted by molar-refractivity contribution is 6.13. The van der Waals surface area contributed by atoms with Crippen LogP contribution < -0.4 is 15.4 Å². The van der Waals surface area contributed by atoms with Crippen LogP contribution in [0.5, 0.6) is 5.75 Å². The van der Waals surface area contributed by atoms with Crippen LogP contribution in [0.4, 0.5) is 5.69 Å². The normalized spacial score (nSPS) is 15.7. The summed E-state index contributed by atoms with van der Waals surface area (Å²) in [5.74, 6) is 0.0787. The van der Waals surface area contributed by atoms with Gasteiger partial charge in [0, 0.05) is 0 Å². The molecule has 1 unspecified atom stereocenters. The predicted molar refractivity (Wildman–Crippen MR) is 101 cm³/mol. The summed E-state index contributed by atoms with van der Waals surface area (Å²) < 4.78 is 5.30. The van der Waals surface area contributed by atoms with Crippen molar-refractivity contribution in [2.24, 2.45) is 5.41 Å². The topological polar surface area (TPSA) is 67.4 Å². The van der Waals surface area contributed by atoms with Gasteiger partial charge in [0.25, 0.3) is 0 Å². The van der Waals surface area contributed by atoms with E-state index in [9.17, 15) is 9.59 Å². The van der Waals surface area contributed by atoms with E-state index in [1.165, 1.54) is 0 Å². The molecule has 1 aliphatic rings. The summed E-state index contributed by atoms with van der Waals surface area (Å²) in [5, 5.41) is 5.85. The molecule has 0 heterocycles. The lowest BCUT2D eigenvalue weighted by atomic mass is 10.0. The number of anilines is 1. The van der Waals surface area contributed by atoms with Crippen LogP contribution >= 0.6 is 0 Å². The Kier molecular flexibility index (Phi) is 4.98. The van der Waals surface area contributed by atoms with Crippen LogP contribution in [-0.4, -0.2) is 18.9 Å². The SMILES string of the molecule is COc1ccc(C)cc1NC(=O)C1(C(=O)NC(C)c2ccccc2)CC1. The van der Waals surface area contributed by atoms with Crippen molar-refractivity contribution in [1.29, 1.82) is 0 Å². The molecule has 0 bridgehead atoms. The molecule has 1 fully saturated rings. The average Bonchev–Trinajstić information content (AvgIpc) is 3.45. The third kappa shape index (κ3) is 3.57. The molecule has 0 saturated heterocycles. The van der Waals surface area contributed by atoms with Gasteiger partial charge in [-0.25, -0.2) is 0 Å². The first-order valence-electron chi connectivity index (χ1n) is 8.78. The van der Waals surface area contributed by atoms with E-state index in [0.29, 0.717) is 24.3 Å². The third-order valence-corrected chi connectivity index (χ3v) is 4.87. The Hall–Kier alpha value is -2.82. The number of ether oxygens (including phenoxy) is 1. The van der Waals surface area contributed by atoms with Crippen LogP contribution in [0.15, 0.2) is 48.5 Å². The number of methoxy groups -OCH3 is 1. The molecule has 0 spiro atoms. The number of hydrogen-bond donors (Lipinski definition) is 2. The monoisotopic (exact) mass is 352 g/mol. The highest BCUT2D eigenvalue weighted by atomic mass is 16.5. The predicted octanol–water partition coefficient (Wildman–Crippen LogP) is 3.60. The van der Waals surface area contributed by atoms with Crippen molar-refractivity contribution in [3.63, 3.8) is 0 Å². The van der Waals surface area contributed by atoms with E-state index in [4.69, 9.17) is 4.74 Å². The van der Waals surface area contributed by atoms with Crippen LogP contribution in [-0.2, 0) is 9.59 Å². The lowest BCUT2D eigenvalue weighted by molar-refractivity contribution is -0.134. The zero-order valence-corrected chi connectivity index (χ0v) is 15.3. The first-order chi connectivity index (χ1) is 12.5. The van der Waals surface area contributed by atoms with Gasteiger partial charge in [-0.1, -0.05) is 36.4 Å². The Bertz CT molecular complexity index is 813. The molecule has 2 amide bonds. The van der Waals surface area contributed by atoms with E-state index in [1.54, 1.807) is 7.11 Å². The summed E-state index contributed by atoms with van der Waals surface area (Å²) >= 11 is 0. The Morgan fingerprint density at radius 1 is 1.08 bits per heavy atom. The van der Waals surface area contributed by atoms with Gasteiger partial charge in [-0.3, -0.25) is 9.59 Å². The van der Waals surface area contributed by atoms with Crippen molar-refractivity contribution in [2.45, 2.75) is 32.7 Å². The average molecular weight is 352 g/mol. The number of nitrogens with one attached hydrogen (secondary N) is 2. The molecule has 0 aromatic heterocycles. The van der Waals surface area contributed by atoms with E-state index < -0.39 is 5.41 Å². The van der Waals surface area contributed by atoms with Gasteiger partial charge >= 0.3 is 0 Å². The van der Waals surface area contributed by atoms with Gasteiger partial charge in [0.05, 0.1) is 18.8 Å². The lowest BCUT2D eigenvalue weighted by Gasteiger charge is -2.20. The molecule has 3 rings (SSSR count). The van der Waals surface area contributed by atoms with Crippen LogP contribution in [0.3, 0.4) is 0 Å². The molecule has 26 heavy (non-hydrogen) atoms. The summed E-state index contributed by atoms with van der Waals surface area (Å²) in [7, 11) is 1.56. The van der Waals surface area contributed by atoms with E-state index >= 15 is 0 Å². The van der Waals surface area contributed by atoms with Gasteiger partial charge in [-0.15, -0.1) is 0 Å². The Morgan fingerprint density at radius 2 is 1.77 bits per heavy atom. The second-order valence-corrected chi connectivity index (χ2v) is 6.85. The minimum atomic E-state index is -0.988. The molecule has 136 valence electrons. The number of aryl methyl sites for hydroxylation is 1. The van der Waals surface area contributed by atoms with Crippen LogP contribution in [0.25, 0.3) is 0 Å². The van der Waals surface area contributed by atoms with Crippen LogP contribution in [0, 0.1) is 12.3 Å². The highest BCUT2D eigenvalue weighted by Crippen LogP contribution is 2.47. The number of hydrogen-bond acceptors (Lipinski definition) is 3. The molecule has 1 saturated carbocycles. The van der Waals surface area contributed by atoms with Gasteiger partial charge in [0.1, 0.15) is 11.2 Å². The number of carbonyl (C=O) groups excluding carboxylic acids is 2. The fraction of sp³-hybridized carbons (Fsp3) is 0.333. The maximum absolute atomic E-state index is 12.8. The molecule has 1 atom stereocenters. The van der Waals surface area contributed by atoms with E-state index in [2.05, 4.69) is 10.6 Å². The number of carbonyl (C=O) groups is 2. The molecular weight excluding hydrogens is 328 g/mol. The summed E-state index contributed by atoms with van der Waals surface area (Å²) in [6.07, 6.45) is 1.11. The first-order valence-corrected chi connectivity index (χ1v) is 8.78. The van der Waals surface area contributed by atoms with Crippen LogP contribution in [0.1, 0.15) is 36.9 Å². The summed E-state index contributed by atoms with van der Waals surface area (Å²) in [6, 6.07) is 15.1. The van der Waals surface area contributed by atoms with Crippen molar-refractivity contribution in [2.75, 3.05) is 12.4 Å². The van der Waals surface area contributed by atoms with Crippen molar-refractivity contribution < 1.29 is 14.3 Å². The molecule has 0 radical (unpaired) electrons. The molecule has 0 aliphatic heterocycles. The van der Waals surface area contributed by atoms with Gasteiger partial charge in [0.2, 0.25) is 11.8 Å². The molecule has 5 heteroatoms. The molecule has 2 aromatic rings. The second kappa shape index (κ2) is 7.20. The maximum Gasteiger partial charge on any atom is 0.240 e. The van der Waals surface area contributed by atoms with Crippen molar-refractivity contribution in [3.05, 3.63) is 59.7 Å². The van der Waals surface area contributed by atoms with Crippen molar-refractivity contribution >= 4 is 17.5 Å². The Balaban J connectivity index is 1.71. The summed E-state index contributed by atoms with van der Waals surface area (Å²) in [4.78, 5) is 25.6. The van der Waals surface area contributed by atoms with Crippen molar-refractivity contribution in [1.82, 2.24) is 5.32 Å². The molecule has 1 aliphatic carbocycles. The smallest absolute Gasteiger partial charge is 0.240 e. The second-order valence-electron chi connectivity index (χ2n) is 6.85. The minimum Gasteiger partial charge on any atom is -0.495 e. The van der Waals surface area contributed by atoms with Crippen LogP contribution in [0.2, 0.25) is 0 Å². The van der Waals surface area contributed by atoms with Gasteiger partial charge in [-0.2, -0.15) is 0 Å². The Morgan fingerprint density at radius 3 is 2.38 bits per heavy atom. The molecule has 2 N–H and O–H groups in total. The fourth-order valence-electron chi connectivity index (χ4n) is 3.00. The first kappa shape index (κ1) is 18.0. The summed E-state index contributed by atoms with van der Waals surface area (Å²) in [5.41, 5.74) is 1.62. The maximum atomic E-state index is 12.8. The van der Waals surface area contributed by atoms with E-state index in [1.807, 2.05) is 62.4 Å². The third-order valence-electron chi connectivity index (χ3n) is 4.87. The Labute approximate surface area is 153 Å². The van der Waals surface area contributed by atoms with Crippen molar-refractivity contribution in [3.8, 4) is 5.75 Å². The minimum absolute atomic E-state index is 0.150. The fourth-order valence-corrected chi connectivity index (χ4v) is 3.00. The van der Waals surface area contributed by atoms with E-state index in [-0.39, 0.29) is 17.9 Å². The van der Waals surface area contributed by atoms with E-state index in [0.717, 1.165) is 11.1 Å². The zero-order chi connectivity index (χ0) is 18.7. The lowest BCUT2D eigenvalue weighted by Crippen LogP contribution is -2.41. The number of rotatable bonds is 6. The number of benzene rings is 2. The quantitative estimate of drug-likeness (QED) is 0.781. The molecule has 5 nitrogen and oxygen atoms in total. The standard InChI is InChI=1S/C21H24N2O3/c1-14-9-10-18(26-3)17(13-14)23-20(25)21(11-12-21)19(24)22-15(2)16-7-5-4-6-8-16/h4-10,13,15H,11-12H2,1-3H3,(H,22,24)(H,23,25). The van der Waals surface area contributed by atoms with Gasteiger partial charge in [0.15, 0.2) is 0 Å². The molecular formula is C21H24N2O3. The number of amides is 2. The van der Waals surface area contributed by atoms with Gasteiger partial charge < -0.3 is 15.4 Å².